The first-order valence-electron chi connectivity index (χ1n) is 46.6. The molecule has 0 fully saturated rings. The van der Waals surface area contributed by atoms with Crippen LogP contribution in [0.3, 0.4) is 0 Å². The Bertz CT molecular complexity index is 8580. The second kappa shape index (κ2) is 35.2. The molecule has 0 N–H and O–H groups in total. The Morgan fingerprint density at radius 3 is 0.717 bits per heavy atom. The number of rotatable bonds is 12. The average Bonchev–Trinajstić information content (AvgIpc) is 0.723. The maximum Gasteiger partial charge on any atom is 0.0893 e. The van der Waals surface area contributed by atoms with Crippen LogP contribution in [0.25, 0.3) is 264 Å². The van der Waals surface area contributed by atoms with Crippen molar-refractivity contribution >= 4 is 130 Å². The topological polar surface area (TPSA) is 116 Å². The zero-order valence-electron chi connectivity index (χ0n) is 74.8. The standard InChI is InChI=1S/3C43H27N3/c1-3-15-35-33(13-1)34-14-2-4-16-36(34)42-41(35)37-17-5-6-18-40(37)46-43(42)29-23-21-28(22-24-29)30-10-7-11-31(26-30)38-19-8-20-39(45-38)32-12-9-25-44-27-32;1-3-13-35-33(11-1)34-12-2-4-14-36(34)42-41(35)37-15-5-6-16-40(37)46-43(42)30-21-19-28(20-22-30)31-9-7-10-32(27-31)39-18-8-17-38(45-39)29-23-25-44-26-24-29;1-3-15-34-32(13-1)33-14-2-4-16-35(33)42-41(34)36-17-5-6-18-38(36)46-43(42)29-24-22-28(23-25-29)30-11-9-12-31(27-30)37-20-10-21-40(45-37)39-19-7-8-26-44-39/h3*1-27H. The van der Waals surface area contributed by atoms with Crippen molar-refractivity contribution in [2.75, 3.05) is 0 Å². The number of aromatic nitrogens is 9. The summed E-state index contributed by atoms with van der Waals surface area (Å²) in [5.74, 6) is 0. The molecule has 0 atom stereocenters. The maximum atomic E-state index is 5.31. The van der Waals surface area contributed by atoms with Gasteiger partial charge in [-0.1, -0.05) is 352 Å². The van der Waals surface area contributed by atoms with E-state index in [1.807, 2.05) is 72.9 Å². The van der Waals surface area contributed by atoms with Gasteiger partial charge in [0.15, 0.2) is 0 Å². The zero-order chi connectivity index (χ0) is 91.4. The molecular weight excluding hydrogens is 1680 g/mol. The van der Waals surface area contributed by atoms with Gasteiger partial charge in [0, 0.05) is 124 Å². The van der Waals surface area contributed by atoms with Gasteiger partial charge in [-0.25, -0.2) is 29.9 Å². The molecule has 0 bridgehead atoms. The van der Waals surface area contributed by atoms with Gasteiger partial charge in [-0.2, -0.15) is 0 Å². The van der Waals surface area contributed by atoms with Gasteiger partial charge in [-0.05, 0) is 207 Å². The highest BCUT2D eigenvalue weighted by atomic mass is 14.8. The van der Waals surface area contributed by atoms with Crippen molar-refractivity contribution in [1.82, 2.24) is 44.9 Å². The van der Waals surface area contributed by atoms with Gasteiger partial charge in [0.2, 0.25) is 0 Å². The van der Waals surface area contributed by atoms with Crippen LogP contribution < -0.4 is 0 Å². The number of nitrogens with zero attached hydrogens (tertiary/aromatic N) is 9. The summed E-state index contributed by atoms with van der Waals surface area (Å²) in [6, 6.07) is 163. The van der Waals surface area contributed by atoms with Crippen LogP contribution in [0.15, 0.2) is 492 Å². The number of pyridine rings is 9. The maximum absolute atomic E-state index is 5.31. The van der Waals surface area contributed by atoms with Crippen molar-refractivity contribution in [3.8, 4) is 135 Å². The molecule has 0 radical (unpaired) electrons. The molecule has 18 aromatic carbocycles. The lowest BCUT2D eigenvalue weighted by Crippen LogP contribution is -1.93. The van der Waals surface area contributed by atoms with Crippen LogP contribution in [-0.2, 0) is 0 Å². The Labute approximate surface area is 795 Å². The van der Waals surface area contributed by atoms with E-state index in [-0.39, 0.29) is 0 Å². The molecule has 27 aromatic rings. The predicted octanol–water partition coefficient (Wildman–Crippen LogP) is 33.5. The second-order valence-corrected chi connectivity index (χ2v) is 34.8. The largest absolute Gasteiger partial charge is 0.265 e. The van der Waals surface area contributed by atoms with Crippen molar-refractivity contribution in [3.05, 3.63) is 492 Å². The van der Waals surface area contributed by atoms with E-state index < -0.39 is 0 Å². The van der Waals surface area contributed by atoms with Gasteiger partial charge in [0.1, 0.15) is 0 Å². The lowest BCUT2D eigenvalue weighted by molar-refractivity contribution is 1.25. The highest BCUT2D eigenvalue weighted by Crippen LogP contribution is 2.48. The lowest BCUT2D eigenvalue weighted by Gasteiger charge is -2.16. The first-order valence-corrected chi connectivity index (χ1v) is 46.6. The van der Waals surface area contributed by atoms with Crippen molar-refractivity contribution < 1.29 is 0 Å². The Balaban J connectivity index is 0.000000110. The molecule has 9 heteroatoms. The van der Waals surface area contributed by atoms with E-state index in [2.05, 4.69) is 409 Å². The Morgan fingerprint density at radius 2 is 0.384 bits per heavy atom. The fourth-order valence-electron chi connectivity index (χ4n) is 20.3. The number of fused-ring (bicyclic) bond motifs is 24. The van der Waals surface area contributed by atoms with Crippen LogP contribution in [0.1, 0.15) is 0 Å². The van der Waals surface area contributed by atoms with E-state index in [1.54, 1.807) is 24.8 Å². The number of hydrogen-bond acceptors (Lipinski definition) is 9. The molecule has 642 valence electrons. The highest BCUT2D eigenvalue weighted by Gasteiger charge is 2.24. The average molecular weight is 1760 g/mol. The molecule has 0 saturated carbocycles. The van der Waals surface area contributed by atoms with E-state index in [4.69, 9.17) is 29.9 Å². The number of benzene rings is 18. The first-order chi connectivity index (χ1) is 68.4. The summed E-state index contributed by atoms with van der Waals surface area (Å²) in [4.78, 5) is 43.7. The van der Waals surface area contributed by atoms with Gasteiger partial charge in [-0.15, -0.1) is 0 Å². The molecule has 0 aliphatic rings. The molecule has 138 heavy (non-hydrogen) atoms. The van der Waals surface area contributed by atoms with Crippen LogP contribution >= 0.6 is 0 Å². The van der Waals surface area contributed by atoms with E-state index >= 15 is 0 Å². The van der Waals surface area contributed by atoms with Crippen LogP contribution in [0, 0.1) is 0 Å². The van der Waals surface area contributed by atoms with Gasteiger partial charge in [0.25, 0.3) is 0 Å². The fourth-order valence-corrected chi connectivity index (χ4v) is 20.3. The quantitative estimate of drug-likeness (QED) is 0.110. The minimum atomic E-state index is 0.864. The van der Waals surface area contributed by atoms with Crippen molar-refractivity contribution in [2.45, 2.75) is 0 Å². The molecule has 0 spiro atoms. The van der Waals surface area contributed by atoms with Crippen LogP contribution in [0.5, 0.6) is 0 Å². The molecule has 27 rings (SSSR count). The van der Waals surface area contributed by atoms with Gasteiger partial charge >= 0.3 is 0 Å². The Hall–Kier alpha value is -18.6. The molecule has 9 aromatic heterocycles. The van der Waals surface area contributed by atoms with Crippen molar-refractivity contribution in [2.24, 2.45) is 0 Å². The summed E-state index contributed by atoms with van der Waals surface area (Å²) in [6.07, 6.45) is 9.03. The Kier molecular flexibility index (Phi) is 20.8. The van der Waals surface area contributed by atoms with E-state index in [0.717, 1.165) is 151 Å². The highest BCUT2D eigenvalue weighted by molar-refractivity contribution is 6.36. The second-order valence-electron chi connectivity index (χ2n) is 34.8. The lowest BCUT2D eigenvalue weighted by atomic mass is 9.89. The molecule has 0 unspecified atom stereocenters. The van der Waals surface area contributed by atoms with Crippen molar-refractivity contribution in [3.63, 3.8) is 0 Å². The van der Waals surface area contributed by atoms with E-state index in [0.29, 0.717) is 0 Å². The molecule has 0 saturated heterocycles. The molecule has 0 aliphatic heterocycles. The smallest absolute Gasteiger partial charge is 0.0893 e. The molecule has 9 heterocycles. The number of hydrogen-bond donors (Lipinski definition) is 0. The summed E-state index contributed by atoms with van der Waals surface area (Å²) in [6.45, 7) is 0. The normalized spacial score (nSPS) is 11.5. The minimum Gasteiger partial charge on any atom is -0.265 e. The minimum absolute atomic E-state index is 0.864. The fraction of sp³-hybridized carbons (Fsp3) is 0. The zero-order valence-corrected chi connectivity index (χ0v) is 74.8. The summed E-state index contributed by atoms with van der Waals surface area (Å²) < 4.78 is 0. The third kappa shape index (κ3) is 14.9. The summed E-state index contributed by atoms with van der Waals surface area (Å²) in [7, 11) is 0. The third-order valence-corrected chi connectivity index (χ3v) is 26.8. The van der Waals surface area contributed by atoms with Gasteiger partial charge in [-0.3, -0.25) is 15.0 Å². The molecule has 9 nitrogen and oxygen atoms in total. The van der Waals surface area contributed by atoms with E-state index in [9.17, 15) is 0 Å². The van der Waals surface area contributed by atoms with Gasteiger partial charge in [0.05, 0.1) is 73.5 Å². The van der Waals surface area contributed by atoms with E-state index in [1.165, 1.54) is 113 Å². The monoisotopic (exact) mass is 1760 g/mol. The van der Waals surface area contributed by atoms with Crippen LogP contribution in [0.2, 0.25) is 0 Å². The van der Waals surface area contributed by atoms with Crippen LogP contribution in [0.4, 0.5) is 0 Å². The first kappa shape index (κ1) is 81.4. The summed E-state index contributed by atoms with van der Waals surface area (Å²) >= 11 is 0. The van der Waals surface area contributed by atoms with Crippen LogP contribution in [-0.4, -0.2) is 44.9 Å². The summed E-state index contributed by atoms with van der Waals surface area (Å²) in [5, 5.41) is 25.9. The summed E-state index contributed by atoms with van der Waals surface area (Å²) in [5.41, 5.74) is 27.9. The molecule has 0 aliphatic carbocycles. The Morgan fingerprint density at radius 1 is 0.123 bits per heavy atom. The molecular formula is C129H81N9. The van der Waals surface area contributed by atoms with Gasteiger partial charge < -0.3 is 0 Å². The SMILES string of the molecule is c1cc(-c2ccc(-c3nc4ccccc4c4c5ccccc5c5ccccc5c34)cc2)cc(-c2cccc(-c3ccncc3)n2)c1.c1ccc(-c2cccc(-c3cccc(-c4ccc(-c5nc6ccccc6c6c7ccccc7c7ccccc7c56)cc4)c3)n2)nc1.c1cncc(-c2cccc(-c3cccc(-c4ccc(-c5nc6ccccc6c6c7ccccc7c7ccccc7c56)cc4)c3)n2)c1. The predicted molar refractivity (Wildman–Crippen MR) is 575 cm³/mol. The van der Waals surface area contributed by atoms with Crippen molar-refractivity contribution in [1.29, 1.82) is 0 Å². The molecule has 0 amide bonds. The third-order valence-electron chi connectivity index (χ3n) is 26.8. The number of para-hydroxylation sites is 3.